The van der Waals surface area contributed by atoms with Gasteiger partial charge < -0.3 is 4.90 Å². The van der Waals surface area contributed by atoms with Crippen LogP contribution in [0.5, 0.6) is 0 Å². The van der Waals surface area contributed by atoms with Gasteiger partial charge in [-0.25, -0.2) is 0 Å². The normalized spacial score (nSPS) is 21.0. The van der Waals surface area contributed by atoms with E-state index in [1.165, 1.54) is 75.0 Å². The van der Waals surface area contributed by atoms with Crippen molar-refractivity contribution in [3.63, 3.8) is 0 Å². The number of para-hydroxylation sites is 1. The molecule has 4 rings (SSSR count). The summed E-state index contributed by atoms with van der Waals surface area (Å²) in [6, 6.07) is 21.6. The lowest BCUT2D eigenvalue weighted by Crippen LogP contribution is -2.23. The summed E-state index contributed by atoms with van der Waals surface area (Å²) in [7, 11) is 0. The summed E-state index contributed by atoms with van der Waals surface area (Å²) in [5, 5.41) is 0.778. The van der Waals surface area contributed by atoms with Gasteiger partial charge >= 0.3 is 0 Å². The topological polar surface area (TPSA) is 3.24 Å². The Balaban J connectivity index is 0.000000146. The molecule has 2 aromatic carbocycles. The van der Waals surface area contributed by atoms with Crippen LogP contribution in [0.4, 0.5) is 5.69 Å². The van der Waals surface area contributed by atoms with Crippen molar-refractivity contribution in [2.45, 2.75) is 50.2 Å². The van der Waals surface area contributed by atoms with Crippen LogP contribution in [-0.2, 0) is 0 Å². The van der Waals surface area contributed by atoms with E-state index in [2.05, 4.69) is 77.3 Å². The Hall–Kier alpha value is -1.41. The van der Waals surface area contributed by atoms with E-state index < -0.39 is 0 Å². The second-order valence-electron chi connectivity index (χ2n) is 7.00. The maximum atomic E-state index is 2.51. The summed E-state index contributed by atoms with van der Waals surface area (Å²) < 4.78 is 0. The monoisotopic (exact) mass is 353 g/mol. The molecule has 25 heavy (non-hydrogen) atoms. The third kappa shape index (κ3) is 6.11. The number of thioether (sulfide) groups is 1. The first-order chi connectivity index (χ1) is 12.4. The van der Waals surface area contributed by atoms with Gasteiger partial charge in [0.1, 0.15) is 0 Å². The fourth-order valence-electron chi connectivity index (χ4n) is 3.64. The molecule has 0 N–H and O–H groups in total. The predicted molar refractivity (Wildman–Crippen MR) is 113 cm³/mol. The second-order valence-corrected chi connectivity index (χ2v) is 8.31. The molecular weight excluding hydrogens is 322 g/mol. The Kier molecular flexibility index (Phi) is 7.76. The van der Waals surface area contributed by atoms with Gasteiger partial charge in [-0.15, -0.1) is 0 Å². The molecule has 1 unspecified atom stereocenters. The van der Waals surface area contributed by atoms with E-state index in [9.17, 15) is 0 Å². The predicted octanol–water partition coefficient (Wildman–Crippen LogP) is 6.71. The van der Waals surface area contributed by atoms with Crippen molar-refractivity contribution in [2.75, 3.05) is 23.7 Å². The molecule has 0 bridgehead atoms. The van der Waals surface area contributed by atoms with Crippen molar-refractivity contribution < 1.29 is 0 Å². The molecule has 134 valence electrons. The SMILES string of the molecule is c1ccc(C2CCCCS2)cc1.c1ccc(N2CCCCCC2)cc1. The first-order valence-electron chi connectivity index (χ1n) is 9.90. The highest BCUT2D eigenvalue weighted by atomic mass is 32.2. The van der Waals surface area contributed by atoms with Gasteiger partial charge in [0.05, 0.1) is 0 Å². The summed E-state index contributed by atoms with van der Waals surface area (Å²) >= 11 is 2.12. The van der Waals surface area contributed by atoms with Crippen LogP contribution in [0.25, 0.3) is 0 Å². The fraction of sp³-hybridized carbons (Fsp3) is 0.478. The zero-order valence-corrected chi connectivity index (χ0v) is 16.1. The Morgan fingerprint density at radius 1 is 0.680 bits per heavy atom. The van der Waals surface area contributed by atoms with Crippen molar-refractivity contribution in [2.24, 2.45) is 0 Å². The van der Waals surface area contributed by atoms with Crippen LogP contribution in [0.2, 0.25) is 0 Å². The quantitative estimate of drug-likeness (QED) is 0.590. The average Bonchev–Trinajstić information content (AvgIpc) is 3.00. The van der Waals surface area contributed by atoms with Gasteiger partial charge in [0.25, 0.3) is 0 Å². The molecule has 0 aromatic heterocycles. The van der Waals surface area contributed by atoms with E-state index >= 15 is 0 Å². The van der Waals surface area contributed by atoms with Crippen LogP contribution < -0.4 is 4.90 Å². The molecule has 0 aliphatic carbocycles. The number of rotatable bonds is 2. The Morgan fingerprint density at radius 2 is 1.32 bits per heavy atom. The summed E-state index contributed by atoms with van der Waals surface area (Å²) in [5.74, 6) is 1.35. The largest absolute Gasteiger partial charge is 0.372 e. The molecule has 0 saturated carbocycles. The smallest absolute Gasteiger partial charge is 0.0366 e. The second kappa shape index (κ2) is 10.6. The van der Waals surface area contributed by atoms with Crippen LogP contribution in [-0.4, -0.2) is 18.8 Å². The van der Waals surface area contributed by atoms with E-state index in [-0.39, 0.29) is 0 Å². The van der Waals surface area contributed by atoms with E-state index in [0.717, 1.165) is 5.25 Å². The van der Waals surface area contributed by atoms with Crippen molar-refractivity contribution in [1.29, 1.82) is 0 Å². The highest BCUT2D eigenvalue weighted by Gasteiger charge is 2.14. The summed E-state index contributed by atoms with van der Waals surface area (Å²) in [5.41, 5.74) is 2.91. The molecule has 2 heterocycles. The molecule has 0 spiro atoms. The summed E-state index contributed by atoms with van der Waals surface area (Å²) in [4.78, 5) is 2.51. The number of anilines is 1. The number of nitrogens with zero attached hydrogens (tertiary/aromatic N) is 1. The minimum Gasteiger partial charge on any atom is -0.372 e. The van der Waals surface area contributed by atoms with Gasteiger partial charge in [0.2, 0.25) is 0 Å². The zero-order valence-electron chi connectivity index (χ0n) is 15.3. The molecule has 2 heteroatoms. The lowest BCUT2D eigenvalue weighted by Gasteiger charge is -2.22. The van der Waals surface area contributed by atoms with E-state index in [1.807, 2.05) is 0 Å². The first kappa shape index (κ1) is 18.4. The minimum absolute atomic E-state index is 0.778. The zero-order chi connectivity index (χ0) is 17.2. The van der Waals surface area contributed by atoms with Gasteiger partial charge in [-0.1, -0.05) is 67.8 Å². The third-order valence-corrected chi connectivity index (χ3v) is 6.51. The Bertz CT molecular complexity index is 570. The molecule has 0 radical (unpaired) electrons. The summed E-state index contributed by atoms with van der Waals surface area (Å²) in [6.07, 6.45) is 9.71. The molecule has 1 atom stereocenters. The maximum absolute atomic E-state index is 2.51. The molecule has 2 aliphatic heterocycles. The van der Waals surface area contributed by atoms with Crippen molar-refractivity contribution in [3.8, 4) is 0 Å². The van der Waals surface area contributed by atoms with Crippen LogP contribution in [0.3, 0.4) is 0 Å². The van der Waals surface area contributed by atoms with Crippen LogP contribution in [0.1, 0.15) is 55.8 Å². The van der Waals surface area contributed by atoms with Crippen molar-refractivity contribution in [1.82, 2.24) is 0 Å². The number of hydrogen-bond donors (Lipinski definition) is 0. The van der Waals surface area contributed by atoms with Gasteiger partial charge in [0, 0.05) is 24.0 Å². The molecule has 2 aliphatic rings. The summed E-state index contributed by atoms with van der Waals surface area (Å²) in [6.45, 7) is 2.48. The molecule has 2 aromatic rings. The Morgan fingerprint density at radius 3 is 1.92 bits per heavy atom. The third-order valence-electron chi connectivity index (χ3n) is 5.08. The highest BCUT2D eigenvalue weighted by molar-refractivity contribution is 7.99. The minimum atomic E-state index is 0.778. The van der Waals surface area contributed by atoms with E-state index in [4.69, 9.17) is 0 Å². The van der Waals surface area contributed by atoms with Gasteiger partial charge in [0.15, 0.2) is 0 Å². The standard InChI is InChI=1S/C12H17N.C11H14S/c1-2-7-11-13(10-6-1)12-8-4-3-5-9-12;1-2-6-10(7-3-1)11-8-4-5-9-12-11/h3-5,8-9H,1-2,6-7,10-11H2;1-3,6-7,11H,4-5,8-9H2. The molecule has 2 fully saturated rings. The highest BCUT2D eigenvalue weighted by Crippen LogP contribution is 2.37. The van der Waals surface area contributed by atoms with Crippen LogP contribution in [0.15, 0.2) is 60.7 Å². The molecular formula is C23H31NS. The number of benzene rings is 2. The lowest BCUT2D eigenvalue weighted by atomic mass is 10.1. The molecule has 2 saturated heterocycles. The number of hydrogen-bond acceptors (Lipinski definition) is 2. The first-order valence-corrected chi connectivity index (χ1v) is 10.9. The average molecular weight is 354 g/mol. The maximum Gasteiger partial charge on any atom is 0.0366 e. The van der Waals surface area contributed by atoms with Crippen LogP contribution in [0, 0.1) is 0 Å². The molecule has 1 nitrogen and oxygen atoms in total. The van der Waals surface area contributed by atoms with E-state index in [1.54, 1.807) is 0 Å². The van der Waals surface area contributed by atoms with Crippen molar-refractivity contribution >= 4 is 17.4 Å². The van der Waals surface area contributed by atoms with Crippen LogP contribution >= 0.6 is 11.8 Å². The van der Waals surface area contributed by atoms with E-state index in [0.29, 0.717) is 0 Å². The lowest BCUT2D eigenvalue weighted by molar-refractivity contribution is 0.686. The Labute approximate surface area is 157 Å². The van der Waals surface area contributed by atoms with Gasteiger partial charge in [-0.2, -0.15) is 11.8 Å². The molecule has 0 amide bonds. The van der Waals surface area contributed by atoms with Crippen molar-refractivity contribution in [3.05, 3.63) is 66.2 Å². The van der Waals surface area contributed by atoms with Gasteiger partial charge in [-0.05, 0) is 49.1 Å². The van der Waals surface area contributed by atoms with Gasteiger partial charge in [-0.3, -0.25) is 0 Å². The fourth-order valence-corrected chi connectivity index (χ4v) is 4.98.